The van der Waals surface area contributed by atoms with Gasteiger partial charge in [-0.15, -0.1) is 0 Å². The van der Waals surface area contributed by atoms with Crippen LogP contribution in [0.25, 0.3) is 0 Å². The molecule has 158 valence electrons. The Morgan fingerprint density at radius 1 is 0.867 bits per heavy atom. The van der Waals surface area contributed by atoms with Crippen molar-refractivity contribution in [2.75, 3.05) is 18.4 Å². The molecule has 0 spiro atoms. The van der Waals surface area contributed by atoms with Crippen molar-refractivity contribution in [2.24, 2.45) is 0 Å². The van der Waals surface area contributed by atoms with Crippen molar-refractivity contribution in [3.8, 4) is 0 Å². The van der Waals surface area contributed by atoms with Crippen LogP contribution in [0, 0.1) is 0 Å². The maximum absolute atomic E-state index is 12.7. The van der Waals surface area contributed by atoms with Crippen LogP contribution in [0.4, 0.5) is 10.5 Å². The second kappa shape index (κ2) is 9.79. The Morgan fingerprint density at radius 2 is 1.67 bits per heavy atom. The van der Waals surface area contributed by atoms with Crippen LogP contribution >= 0.6 is 0 Å². The van der Waals surface area contributed by atoms with Crippen LogP contribution in [0.3, 0.4) is 0 Å². The number of piperidine rings is 1. The average Bonchev–Trinajstić information content (AvgIpc) is 2.80. The molecule has 4 rings (SSSR count). The summed E-state index contributed by atoms with van der Waals surface area (Å²) in [6.45, 7) is 1.43. The quantitative estimate of drug-likeness (QED) is 0.738. The van der Waals surface area contributed by atoms with Crippen molar-refractivity contribution in [2.45, 2.75) is 56.9 Å². The van der Waals surface area contributed by atoms with Gasteiger partial charge in [0.2, 0.25) is 0 Å². The van der Waals surface area contributed by atoms with Gasteiger partial charge in [-0.1, -0.05) is 49.6 Å². The highest BCUT2D eigenvalue weighted by Gasteiger charge is 2.25. The molecule has 1 saturated carbocycles. The molecule has 3 amide bonds. The zero-order valence-electron chi connectivity index (χ0n) is 17.5. The highest BCUT2D eigenvalue weighted by atomic mass is 16.2. The summed E-state index contributed by atoms with van der Waals surface area (Å²) in [7, 11) is 0. The van der Waals surface area contributed by atoms with E-state index >= 15 is 0 Å². The normalized spacial score (nSPS) is 19.9. The highest BCUT2D eigenvalue weighted by molar-refractivity contribution is 5.94. The summed E-state index contributed by atoms with van der Waals surface area (Å²) in [6.07, 6.45) is 7.84. The fourth-order valence-electron chi connectivity index (χ4n) is 4.61. The van der Waals surface area contributed by atoms with E-state index in [-0.39, 0.29) is 17.9 Å². The molecule has 2 aliphatic rings. The van der Waals surface area contributed by atoms with Gasteiger partial charge in [-0.25, -0.2) is 4.79 Å². The van der Waals surface area contributed by atoms with Gasteiger partial charge in [0.1, 0.15) is 0 Å². The van der Waals surface area contributed by atoms with Crippen LogP contribution in [0.5, 0.6) is 0 Å². The maximum atomic E-state index is 12.7. The van der Waals surface area contributed by atoms with Crippen molar-refractivity contribution in [3.63, 3.8) is 0 Å². The standard InChI is InChI=1S/C25H31N3O2/c29-24(26-22-12-3-1-4-13-22)20-10-7-9-19(17-20)21-11-8-16-28(18-21)25(30)27-23-14-5-2-6-15-23/h2,5-7,9-10,14-15,17,21-22H,1,3-4,8,11-13,16,18H2,(H,26,29)(H,27,30)/t21-/m1/s1. The Labute approximate surface area is 178 Å². The number of nitrogens with one attached hydrogen (secondary N) is 2. The molecule has 5 nitrogen and oxygen atoms in total. The van der Waals surface area contributed by atoms with Crippen molar-refractivity contribution in [1.82, 2.24) is 10.2 Å². The van der Waals surface area contributed by atoms with E-state index < -0.39 is 0 Å². The molecule has 2 aromatic carbocycles. The van der Waals surface area contributed by atoms with E-state index in [9.17, 15) is 9.59 Å². The number of rotatable bonds is 4. The number of hydrogen-bond donors (Lipinski definition) is 2. The van der Waals surface area contributed by atoms with Crippen LogP contribution in [0.1, 0.15) is 66.8 Å². The monoisotopic (exact) mass is 405 g/mol. The van der Waals surface area contributed by atoms with Gasteiger partial charge in [0.15, 0.2) is 0 Å². The lowest BCUT2D eigenvalue weighted by atomic mass is 9.89. The molecule has 30 heavy (non-hydrogen) atoms. The van der Waals surface area contributed by atoms with Crippen molar-refractivity contribution < 1.29 is 9.59 Å². The zero-order valence-corrected chi connectivity index (χ0v) is 17.5. The van der Waals surface area contributed by atoms with E-state index in [1.165, 1.54) is 19.3 Å². The second-order valence-corrected chi connectivity index (χ2v) is 8.52. The molecule has 0 unspecified atom stereocenters. The van der Waals surface area contributed by atoms with Gasteiger partial charge in [-0.2, -0.15) is 0 Å². The molecule has 2 aromatic rings. The summed E-state index contributed by atoms with van der Waals surface area (Å²) in [5.74, 6) is 0.279. The zero-order chi connectivity index (χ0) is 20.8. The number of urea groups is 1. The van der Waals surface area contributed by atoms with E-state index in [0.29, 0.717) is 12.6 Å². The lowest BCUT2D eigenvalue weighted by molar-refractivity contribution is 0.0927. The number of carbonyl (C=O) groups is 2. The van der Waals surface area contributed by atoms with E-state index in [0.717, 1.165) is 49.0 Å². The SMILES string of the molecule is O=C(NC1CCCCC1)c1cccc([C@@H]2CCCN(C(=O)Nc3ccccc3)C2)c1. The Bertz CT molecular complexity index is 862. The summed E-state index contributed by atoms with van der Waals surface area (Å²) in [4.78, 5) is 27.3. The average molecular weight is 406 g/mol. The van der Waals surface area contributed by atoms with E-state index in [1.807, 2.05) is 53.4 Å². The predicted molar refractivity (Wildman–Crippen MR) is 120 cm³/mol. The van der Waals surface area contributed by atoms with Gasteiger partial charge < -0.3 is 15.5 Å². The van der Waals surface area contributed by atoms with Gasteiger partial charge in [0, 0.05) is 36.3 Å². The van der Waals surface area contributed by atoms with Crippen molar-refractivity contribution in [1.29, 1.82) is 0 Å². The van der Waals surface area contributed by atoms with Crippen LogP contribution in [0.15, 0.2) is 54.6 Å². The minimum absolute atomic E-state index is 0.0261. The molecular formula is C25H31N3O2. The molecular weight excluding hydrogens is 374 g/mol. The second-order valence-electron chi connectivity index (χ2n) is 8.52. The van der Waals surface area contributed by atoms with E-state index in [4.69, 9.17) is 0 Å². The van der Waals surface area contributed by atoms with Crippen LogP contribution < -0.4 is 10.6 Å². The van der Waals surface area contributed by atoms with E-state index in [2.05, 4.69) is 16.7 Å². The maximum Gasteiger partial charge on any atom is 0.321 e. The number of nitrogens with zero attached hydrogens (tertiary/aromatic N) is 1. The Kier molecular flexibility index (Phi) is 6.67. The third kappa shape index (κ3) is 5.21. The summed E-state index contributed by atoms with van der Waals surface area (Å²) in [5, 5.41) is 6.19. The first-order valence-corrected chi connectivity index (χ1v) is 11.2. The molecule has 0 aromatic heterocycles. The molecule has 2 fully saturated rings. The summed E-state index contributed by atoms with van der Waals surface area (Å²) in [6, 6.07) is 17.8. The van der Waals surface area contributed by atoms with Crippen LogP contribution in [0.2, 0.25) is 0 Å². The Hall–Kier alpha value is -2.82. The van der Waals surface area contributed by atoms with Crippen LogP contribution in [-0.4, -0.2) is 36.0 Å². The van der Waals surface area contributed by atoms with Gasteiger partial charge in [-0.05, 0) is 55.5 Å². The van der Waals surface area contributed by atoms with Gasteiger partial charge in [-0.3, -0.25) is 4.79 Å². The smallest absolute Gasteiger partial charge is 0.321 e. The minimum atomic E-state index is -0.0582. The fraction of sp³-hybridized carbons (Fsp3) is 0.440. The number of carbonyl (C=O) groups excluding carboxylic acids is 2. The third-order valence-electron chi connectivity index (χ3n) is 6.29. The van der Waals surface area contributed by atoms with E-state index in [1.54, 1.807) is 0 Å². The number of likely N-dealkylation sites (tertiary alicyclic amines) is 1. The lowest BCUT2D eigenvalue weighted by Crippen LogP contribution is -2.41. The first-order chi connectivity index (χ1) is 14.7. The number of anilines is 1. The Balaban J connectivity index is 1.39. The highest BCUT2D eigenvalue weighted by Crippen LogP contribution is 2.28. The molecule has 1 saturated heterocycles. The molecule has 5 heteroatoms. The molecule has 0 radical (unpaired) electrons. The molecule has 1 aliphatic heterocycles. The summed E-state index contributed by atoms with van der Waals surface area (Å²) in [5.41, 5.74) is 2.68. The van der Waals surface area contributed by atoms with Crippen LogP contribution in [-0.2, 0) is 0 Å². The van der Waals surface area contributed by atoms with Gasteiger partial charge in [0.05, 0.1) is 0 Å². The topological polar surface area (TPSA) is 61.4 Å². The third-order valence-corrected chi connectivity index (χ3v) is 6.29. The van der Waals surface area contributed by atoms with Gasteiger partial charge in [0.25, 0.3) is 5.91 Å². The van der Waals surface area contributed by atoms with Crippen molar-refractivity contribution in [3.05, 3.63) is 65.7 Å². The predicted octanol–water partition coefficient (Wildman–Crippen LogP) is 5.16. The van der Waals surface area contributed by atoms with Gasteiger partial charge >= 0.3 is 6.03 Å². The molecule has 1 aliphatic carbocycles. The molecule has 0 bridgehead atoms. The number of amides is 3. The number of para-hydroxylation sites is 1. The van der Waals surface area contributed by atoms with Crippen molar-refractivity contribution >= 4 is 17.6 Å². The molecule has 1 heterocycles. The Morgan fingerprint density at radius 3 is 2.47 bits per heavy atom. The number of benzene rings is 2. The molecule has 2 N–H and O–H groups in total. The summed E-state index contributed by atoms with van der Waals surface area (Å²) >= 11 is 0. The largest absolute Gasteiger partial charge is 0.349 e. The summed E-state index contributed by atoms with van der Waals surface area (Å²) < 4.78 is 0. The lowest BCUT2D eigenvalue weighted by Gasteiger charge is -2.33. The number of hydrogen-bond acceptors (Lipinski definition) is 2. The first kappa shape index (κ1) is 20.5. The molecule has 1 atom stereocenters. The fourth-order valence-corrected chi connectivity index (χ4v) is 4.61. The first-order valence-electron chi connectivity index (χ1n) is 11.2. The minimum Gasteiger partial charge on any atom is -0.349 e.